The molecule has 0 spiro atoms. The average Bonchev–Trinajstić information content (AvgIpc) is 2.75. The minimum Gasteiger partial charge on any atom is -0.507 e. The Labute approximate surface area is 199 Å². The molecule has 6 atom stereocenters. The van der Waals surface area contributed by atoms with Crippen LogP contribution in [0, 0.1) is 35.5 Å². The number of amides is 2. The SMILES string of the molecule is CN(C)[C@H]1C(=O)C(C(N)=O)C(=O)[C@]2(O)C(=O)C3C(=O)c4c(O)ccc(C#CC(N)=O)c4C[C@@H]3C[C@H]12. The Morgan fingerprint density at radius 1 is 1.11 bits per heavy atom. The highest BCUT2D eigenvalue weighted by Gasteiger charge is 2.69. The lowest BCUT2D eigenvalue weighted by molar-refractivity contribution is -0.181. The summed E-state index contributed by atoms with van der Waals surface area (Å²) < 4.78 is 0. The number of phenols is 1. The first kappa shape index (κ1) is 24.3. The number of Topliss-reactive ketones (excluding diaryl/α,β-unsaturated/α-hetero) is 4. The number of carbonyl (C=O) groups is 6. The summed E-state index contributed by atoms with van der Waals surface area (Å²) in [7, 11) is 3.01. The maximum Gasteiger partial charge on any atom is 0.293 e. The quantitative estimate of drug-likeness (QED) is 0.265. The molecular formula is C24H23N3O8. The van der Waals surface area contributed by atoms with E-state index in [1.165, 1.54) is 31.1 Å². The van der Waals surface area contributed by atoms with Gasteiger partial charge in [-0.25, -0.2) is 0 Å². The number of rotatable bonds is 2. The molecule has 35 heavy (non-hydrogen) atoms. The lowest BCUT2D eigenvalue weighted by Crippen LogP contribution is -2.74. The molecule has 11 nitrogen and oxygen atoms in total. The Hall–Kier alpha value is -3.88. The molecule has 2 unspecified atom stereocenters. The highest BCUT2D eigenvalue weighted by Crippen LogP contribution is 2.50. The molecule has 3 aliphatic carbocycles. The van der Waals surface area contributed by atoms with Crippen molar-refractivity contribution in [1.82, 2.24) is 4.90 Å². The number of ketones is 4. The first-order valence-electron chi connectivity index (χ1n) is 10.8. The van der Waals surface area contributed by atoms with Crippen LogP contribution in [-0.2, 0) is 30.4 Å². The zero-order chi connectivity index (χ0) is 26.0. The van der Waals surface area contributed by atoms with Crippen molar-refractivity contribution < 1.29 is 39.0 Å². The van der Waals surface area contributed by atoms with Crippen LogP contribution >= 0.6 is 0 Å². The van der Waals surface area contributed by atoms with E-state index in [-0.39, 0.29) is 24.0 Å². The van der Waals surface area contributed by atoms with Gasteiger partial charge in [-0.1, -0.05) is 5.92 Å². The van der Waals surface area contributed by atoms with Crippen LogP contribution in [0.3, 0.4) is 0 Å². The van der Waals surface area contributed by atoms with E-state index < -0.39 is 76.0 Å². The van der Waals surface area contributed by atoms with E-state index in [0.717, 1.165) is 0 Å². The van der Waals surface area contributed by atoms with Gasteiger partial charge in [-0.05, 0) is 56.5 Å². The summed E-state index contributed by atoms with van der Waals surface area (Å²) in [6, 6.07) is 1.41. The Morgan fingerprint density at radius 2 is 1.77 bits per heavy atom. The van der Waals surface area contributed by atoms with Crippen molar-refractivity contribution in [1.29, 1.82) is 0 Å². The van der Waals surface area contributed by atoms with Crippen LogP contribution in [0.4, 0.5) is 0 Å². The summed E-state index contributed by atoms with van der Waals surface area (Å²) in [5.74, 6) is -7.47. The molecule has 1 aromatic carbocycles. The molecule has 0 heterocycles. The lowest BCUT2D eigenvalue weighted by atomic mass is 9.52. The molecule has 2 saturated carbocycles. The number of hydrogen-bond donors (Lipinski definition) is 4. The van der Waals surface area contributed by atoms with Gasteiger partial charge >= 0.3 is 0 Å². The van der Waals surface area contributed by atoms with Gasteiger partial charge in [0.25, 0.3) is 5.91 Å². The first-order valence-corrected chi connectivity index (χ1v) is 10.8. The van der Waals surface area contributed by atoms with Crippen molar-refractivity contribution in [3.63, 3.8) is 0 Å². The molecule has 6 N–H and O–H groups in total. The molecule has 0 bridgehead atoms. The number of aromatic hydroxyl groups is 1. The van der Waals surface area contributed by atoms with E-state index in [1.54, 1.807) is 0 Å². The fourth-order valence-corrected chi connectivity index (χ4v) is 5.85. The predicted molar refractivity (Wildman–Crippen MR) is 117 cm³/mol. The van der Waals surface area contributed by atoms with Gasteiger partial charge in [0.2, 0.25) is 5.91 Å². The van der Waals surface area contributed by atoms with Crippen LogP contribution in [0.2, 0.25) is 0 Å². The highest BCUT2D eigenvalue weighted by atomic mass is 16.3. The fourth-order valence-electron chi connectivity index (χ4n) is 5.85. The molecule has 2 fully saturated rings. The number of aliphatic hydroxyl groups is 1. The summed E-state index contributed by atoms with van der Waals surface area (Å²) >= 11 is 0. The molecule has 2 amide bonds. The van der Waals surface area contributed by atoms with Crippen LogP contribution in [0.25, 0.3) is 0 Å². The molecule has 3 aliphatic rings. The second-order valence-electron chi connectivity index (χ2n) is 9.39. The van der Waals surface area contributed by atoms with E-state index in [1.807, 2.05) is 0 Å². The summed E-state index contributed by atoms with van der Waals surface area (Å²) in [5.41, 5.74) is 7.93. The third-order valence-electron chi connectivity index (χ3n) is 7.27. The number of benzene rings is 1. The van der Waals surface area contributed by atoms with Crippen molar-refractivity contribution >= 4 is 34.9 Å². The number of nitrogens with zero attached hydrogens (tertiary/aromatic N) is 1. The smallest absolute Gasteiger partial charge is 0.293 e. The highest BCUT2D eigenvalue weighted by molar-refractivity contribution is 6.32. The number of likely N-dealkylation sites (N-methyl/N-ethyl adjacent to an activating group) is 1. The summed E-state index contributed by atoms with van der Waals surface area (Å²) in [5, 5.41) is 21.9. The van der Waals surface area contributed by atoms with Gasteiger partial charge in [-0.15, -0.1) is 0 Å². The standard InChI is InChI=1S/C24H23N3O8/c1-27(2)18-12-8-10-7-11-9(4-6-14(25)29)3-5-13(28)16(11)19(30)15(10)21(32)24(12,35)22(33)17(20(18)31)23(26)34/h3,5,10,12,15,17-18,28,35H,7-8H2,1-2H3,(H2,25,29)(H2,26,34)/t10-,12-,15?,17?,18-,24-/m1/s1. The number of phenolic OH excluding ortho intramolecular Hbond substituents is 1. The number of primary amides is 2. The van der Waals surface area contributed by atoms with Crippen LogP contribution in [-0.4, -0.2) is 75.8 Å². The summed E-state index contributed by atoms with van der Waals surface area (Å²) in [6.45, 7) is 0. The third kappa shape index (κ3) is 3.37. The molecule has 1 aromatic rings. The van der Waals surface area contributed by atoms with Crippen LogP contribution in [0.15, 0.2) is 12.1 Å². The molecule has 182 valence electrons. The number of fused-ring (bicyclic) bond motifs is 3. The minimum absolute atomic E-state index is 0.0447. The maximum atomic E-state index is 13.7. The minimum atomic E-state index is -2.78. The van der Waals surface area contributed by atoms with Crippen molar-refractivity contribution in [2.75, 3.05) is 14.1 Å². The second kappa shape index (κ2) is 8.11. The lowest BCUT2D eigenvalue weighted by Gasteiger charge is -2.52. The topological polar surface area (TPSA) is 198 Å². The predicted octanol–water partition coefficient (Wildman–Crippen LogP) is -2.30. The first-order chi connectivity index (χ1) is 16.3. The molecular weight excluding hydrogens is 458 g/mol. The van der Waals surface area contributed by atoms with Crippen molar-refractivity contribution in [3.05, 3.63) is 28.8 Å². The van der Waals surface area contributed by atoms with Crippen molar-refractivity contribution in [2.45, 2.75) is 24.5 Å². The molecule has 11 heteroatoms. The zero-order valence-corrected chi connectivity index (χ0v) is 18.9. The van der Waals surface area contributed by atoms with E-state index in [4.69, 9.17) is 11.5 Å². The second-order valence-corrected chi connectivity index (χ2v) is 9.39. The van der Waals surface area contributed by atoms with Crippen LogP contribution in [0.1, 0.15) is 27.9 Å². The fraction of sp³-hybridized carbons (Fsp3) is 0.417. The normalized spacial score (nSPS) is 31.7. The van der Waals surface area contributed by atoms with Crippen molar-refractivity contribution in [2.24, 2.45) is 35.1 Å². The molecule has 0 radical (unpaired) electrons. The Balaban J connectivity index is 1.88. The average molecular weight is 481 g/mol. The Kier molecular flexibility index (Phi) is 5.62. The van der Waals surface area contributed by atoms with Gasteiger partial charge in [-0.3, -0.25) is 33.7 Å². The zero-order valence-electron chi connectivity index (χ0n) is 18.9. The monoisotopic (exact) mass is 481 g/mol. The Morgan fingerprint density at radius 3 is 2.34 bits per heavy atom. The van der Waals surface area contributed by atoms with Crippen LogP contribution in [0.5, 0.6) is 5.75 Å². The van der Waals surface area contributed by atoms with Gasteiger partial charge in [0.15, 0.2) is 34.7 Å². The van der Waals surface area contributed by atoms with Gasteiger partial charge in [0.05, 0.1) is 17.5 Å². The van der Waals surface area contributed by atoms with Gasteiger partial charge in [0.1, 0.15) is 5.75 Å². The van der Waals surface area contributed by atoms with E-state index in [9.17, 15) is 39.0 Å². The van der Waals surface area contributed by atoms with Gasteiger partial charge in [0, 0.05) is 11.5 Å². The summed E-state index contributed by atoms with van der Waals surface area (Å²) in [4.78, 5) is 77.9. The molecule has 4 rings (SSSR count). The van der Waals surface area contributed by atoms with Gasteiger partial charge in [-0.2, -0.15) is 0 Å². The largest absolute Gasteiger partial charge is 0.507 e. The third-order valence-corrected chi connectivity index (χ3v) is 7.27. The van der Waals surface area contributed by atoms with E-state index in [0.29, 0.717) is 5.56 Å². The Bertz CT molecular complexity index is 1290. The molecule has 0 saturated heterocycles. The van der Waals surface area contributed by atoms with Crippen molar-refractivity contribution in [3.8, 4) is 17.6 Å². The molecule has 0 aromatic heterocycles. The van der Waals surface area contributed by atoms with E-state index in [2.05, 4.69) is 11.8 Å². The maximum absolute atomic E-state index is 13.7. The number of carbonyl (C=O) groups excluding carboxylic acids is 6. The van der Waals surface area contributed by atoms with Gasteiger partial charge < -0.3 is 21.7 Å². The number of nitrogens with two attached hydrogens (primary N) is 2. The van der Waals surface area contributed by atoms with E-state index >= 15 is 0 Å². The van der Waals surface area contributed by atoms with Crippen LogP contribution < -0.4 is 11.5 Å². The summed E-state index contributed by atoms with van der Waals surface area (Å²) in [6.07, 6.45) is -0.0365. The number of hydrogen-bond acceptors (Lipinski definition) is 9. The molecule has 0 aliphatic heterocycles.